The maximum atomic E-state index is 11.8. The molecule has 2 aromatic carbocycles. The molecule has 19 heavy (non-hydrogen) atoms. The molecule has 0 aliphatic carbocycles. The van der Waals surface area contributed by atoms with E-state index in [1.165, 1.54) is 0 Å². The molecule has 0 radical (unpaired) electrons. The zero-order valence-electron chi connectivity index (χ0n) is 10.9. The van der Waals surface area contributed by atoms with E-state index in [4.69, 9.17) is 4.74 Å². The summed E-state index contributed by atoms with van der Waals surface area (Å²) in [6.07, 6.45) is 0. The number of carbonyl (C=O) groups excluding carboxylic acids is 1. The number of rotatable bonds is 5. The van der Waals surface area contributed by atoms with Gasteiger partial charge in [-0.05, 0) is 23.3 Å². The summed E-state index contributed by atoms with van der Waals surface area (Å²) in [6.45, 7) is 1.05. The predicted octanol–water partition coefficient (Wildman–Crippen LogP) is 2.73. The highest BCUT2D eigenvalue weighted by Gasteiger charge is 2.04. The molecular formula is C16H17NO2. The Morgan fingerprint density at radius 1 is 1.00 bits per heavy atom. The molecule has 98 valence electrons. The van der Waals surface area contributed by atoms with Gasteiger partial charge in [0.05, 0.1) is 6.61 Å². The second kappa shape index (κ2) is 6.71. The van der Waals surface area contributed by atoms with Crippen LogP contribution in [0.4, 0.5) is 0 Å². The molecule has 0 saturated carbocycles. The Kier molecular flexibility index (Phi) is 4.70. The normalized spacial score (nSPS) is 10.2. The molecule has 0 saturated heterocycles. The van der Waals surface area contributed by atoms with Gasteiger partial charge in [0.25, 0.3) is 5.91 Å². The van der Waals surface area contributed by atoms with Crippen LogP contribution in [0.15, 0.2) is 54.6 Å². The monoisotopic (exact) mass is 255 g/mol. The number of carbonyl (C=O) groups is 1. The third-order valence-corrected chi connectivity index (χ3v) is 2.85. The Morgan fingerprint density at radius 3 is 2.26 bits per heavy atom. The van der Waals surface area contributed by atoms with Crippen LogP contribution in [0.2, 0.25) is 0 Å². The highest BCUT2D eigenvalue weighted by Crippen LogP contribution is 2.19. The fourth-order valence-electron chi connectivity index (χ4n) is 1.81. The van der Waals surface area contributed by atoms with Crippen molar-refractivity contribution in [2.75, 3.05) is 20.3 Å². The van der Waals surface area contributed by atoms with Crippen LogP contribution in [-0.2, 0) is 4.74 Å². The van der Waals surface area contributed by atoms with Crippen molar-refractivity contribution in [3.63, 3.8) is 0 Å². The lowest BCUT2D eigenvalue weighted by Crippen LogP contribution is -2.26. The van der Waals surface area contributed by atoms with Crippen molar-refractivity contribution in [1.82, 2.24) is 5.32 Å². The average molecular weight is 255 g/mol. The Labute approximate surface area is 113 Å². The number of nitrogens with one attached hydrogen (secondary N) is 1. The lowest BCUT2D eigenvalue weighted by atomic mass is 10.0. The van der Waals surface area contributed by atoms with Crippen LogP contribution in [0, 0.1) is 0 Å². The van der Waals surface area contributed by atoms with E-state index in [9.17, 15) is 4.79 Å². The smallest absolute Gasteiger partial charge is 0.251 e. The van der Waals surface area contributed by atoms with Crippen LogP contribution in [0.25, 0.3) is 11.1 Å². The topological polar surface area (TPSA) is 38.3 Å². The van der Waals surface area contributed by atoms with E-state index in [0.717, 1.165) is 11.1 Å². The first-order valence-electron chi connectivity index (χ1n) is 6.24. The first-order valence-corrected chi connectivity index (χ1v) is 6.24. The lowest BCUT2D eigenvalue weighted by molar-refractivity contribution is 0.0937. The maximum Gasteiger partial charge on any atom is 0.251 e. The Bertz CT molecular complexity index is 520. The largest absolute Gasteiger partial charge is 0.383 e. The molecule has 0 spiro atoms. The van der Waals surface area contributed by atoms with Crippen LogP contribution in [0.5, 0.6) is 0 Å². The number of benzene rings is 2. The van der Waals surface area contributed by atoms with E-state index in [1.807, 2.05) is 54.6 Å². The summed E-state index contributed by atoms with van der Waals surface area (Å²) in [6, 6.07) is 17.7. The summed E-state index contributed by atoms with van der Waals surface area (Å²) in [4.78, 5) is 11.8. The molecule has 0 aromatic heterocycles. The number of amides is 1. The minimum absolute atomic E-state index is 0.0725. The summed E-state index contributed by atoms with van der Waals surface area (Å²) in [5, 5.41) is 2.80. The van der Waals surface area contributed by atoms with E-state index in [1.54, 1.807) is 7.11 Å². The third-order valence-electron chi connectivity index (χ3n) is 2.85. The summed E-state index contributed by atoms with van der Waals surface area (Å²) in [5.41, 5.74) is 2.92. The first kappa shape index (κ1) is 13.3. The molecule has 0 heterocycles. The quantitative estimate of drug-likeness (QED) is 0.834. The Balaban J connectivity index is 2.04. The van der Waals surface area contributed by atoms with Gasteiger partial charge in [0.1, 0.15) is 0 Å². The van der Waals surface area contributed by atoms with E-state index < -0.39 is 0 Å². The molecule has 3 nitrogen and oxygen atoms in total. The predicted molar refractivity (Wildman–Crippen MR) is 76.1 cm³/mol. The number of hydrogen-bond acceptors (Lipinski definition) is 2. The van der Waals surface area contributed by atoms with Crippen molar-refractivity contribution < 1.29 is 9.53 Å². The lowest BCUT2D eigenvalue weighted by Gasteiger charge is -2.06. The van der Waals surface area contributed by atoms with E-state index in [2.05, 4.69) is 5.32 Å². The van der Waals surface area contributed by atoms with Gasteiger partial charge in [0.2, 0.25) is 0 Å². The highest BCUT2D eigenvalue weighted by molar-refractivity contribution is 5.94. The van der Waals surface area contributed by atoms with Gasteiger partial charge in [0, 0.05) is 19.2 Å². The van der Waals surface area contributed by atoms with Crippen LogP contribution < -0.4 is 5.32 Å². The standard InChI is InChI=1S/C16H17NO2/c1-19-12-11-17-16(18)15-9-7-14(8-10-15)13-5-3-2-4-6-13/h2-10H,11-12H2,1H3,(H,17,18). The van der Waals surface area contributed by atoms with Gasteiger partial charge in [-0.1, -0.05) is 42.5 Å². The van der Waals surface area contributed by atoms with Crippen molar-refractivity contribution in [2.45, 2.75) is 0 Å². The van der Waals surface area contributed by atoms with Crippen molar-refractivity contribution in [1.29, 1.82) is 0 Å². The zero-order valence-corrected chi connectivity index (χ0v) is 10.9. The SMILES string of the molecule is COCCNC(=O)c1ccc(-c2ccccc2)cc1. The molecule has 0 atom stereocenters. The maximum absolute atomic E-state index is 11.8. The van der Waals surface area contributed by atoms with Crippen molar-refractivity contribution >= 4 is 5.91 Å². The summed E-state index contributed by atoms with van der Waals surface area (Å²) in [5.74, 6) is -0.0725. The average Bonchev–Trinajstić information content (AvgIpc) is 2.48. The molecule has 3 heteroatoms. The first-order chi connectivity index (χ1) is 9.31. The molecule has 1 amide bonds. The van der Waals surface area contributed by atoms with Crippen molar-refractivity contribution in [2.24, 2.45) is 0 Å². The van der Waals surface area contributed by atoms with E-state index in [0.29, 0.717) is 18.7 Å². The molecule has 2 rings (SSSR count). The number of methoxy groups -OCH3 is 1. The summed E-state index contributed by atoms with van der Waals surface area (Å²) >= 11 is 0. The van der Waals surface area contributed by atoms with Gasteiger partial charge >= 0.3 is 0 Å². The Hall–Kier alpha value is -2.13. The van der Waals surface area contributed by atoms with E-state index >= 15 is 0 Å². The molecule has 1 N–H and O–H groups in total. The van der Waals surface area contributed by atoms with Gasteiger partial charge in [-0.2, -0.15) is 0 Å². The van der Waals surface area contributed by atoms with Crippen LogP contribution >= 0.6 is 0 Å². The van der Waals surface area contributed by atoms with Gasteiger partial charge in [0.15, 0.2) is 0 Å². The second-order valence-electron chi connectivity index (χ2n) is 4.19. The third kappa shape index (κ3) is 3.66. The zero-order chi connectivity index (χ0) is 13.5. The summed E-state index contributed by atoms with van der Waals surface area (Å²) in [7, 11) is 1.61. The van der Waals surface area contributed by atoms with Gasteiger partial charge < -0.3 is 10.1 Å². The molecule has 0 aliphatic rings. The van der Waals surface area contributed by atoms with Gasteiger partial charge in [-0.3, -0.25) is 4.79 Å². The number of hydrogen-bond donors (Lipinski definition) is 1. The molecule has 0 bridgehead atoms. The number of ether oxygens (including phenoxy) is 1. The molecule has 0 aliphatic heterocycles. The fraction of sp³-hybridized carbons (Fsp3) is 0.188. The highest BCUT2D eigenvalue weighted by atomic mass is 16.5. The van der Waals surface area contributed by atoms with E-state index in [-0.39, 0.29) is 5.91 Å². The molecule has 0 unspecified atom stereocenters. The van der Waals surface area contributed by atoms with Crippen LogP contribution in [-0.4, -0.2) is 26.2 Å². The fourth-order valence-corrected chi connectivity index (χ4v) is 1.81. The van der Waals surface area contributed by atoms with Gasteiger partial charge in [-0.15, -0.1) is 0 Å². The second-order valence-corrected chi connectivity index (χ2v) is 4.19. The molecule has 0 fully saturated rings. The molecule has 2 aromatic rings. The minimum Gasteiger partial charge on any atom is -0.383 e. The van der Waals surface area contributed by atoms with Crippen LogP contribution in [0.1, 0.15) is 10.4 Å². The minimum atomic E-state index is -0.0725. The summed E-state index contributed by atoms with van der Waals surface area (Å²) < 4.78 is 4.89. The van der Waals surface area contributed by atoms with Crippen LogP contribution in [0.3, 0.4) is 0 Å². The van der Waals surface area contributed by atoms with Crippen molar-refractivity contribution in [3.05, 3.63) is 60.2 Å². The Morgan fingerprint density at radius 2 is 1.63 bits per heavy atom. The molecular weight excluding hydrogens is 238 g/mol. The van der Waals surface area contributed by atoms with Crippen molar-refractivity contribution in [3.8, 4) is 11.1 Å². The van der Waals surface area contributed by atoms with Gasteiger partial charge in [-0.25, -0.2) is 0 Å².